The highest BCUT2D eigenvalue weighted by Crippen LogP contribution is 2.14. The Balaban J connectivity index is 2.15. The van der Waals surface area contributed by atoms with Crippen LogP contribution in [0.1, 0.15) is 29.4 Å². The number of carbonyl (C=O) groups is 1. The summed E-state index contributed by atoms with van der Waals surface area (Å²) in [4.78, 5) is 18.0. The maximum Gasteiger partial charge on any atom is 0.219 e. The summed E-state index contributed by atoms with van der Waals surface area (Å²) in [5.74, 6) is 0.917. The van der Waals surface area contributed by atoms with Gasteiger partial charge in [0.15, 0.2) is 0 Å². The van der Waals surface area contributed by atoms with E-state index in [-0.39, 0.29) is 5.91 Å². The number of hydrogen-bond acceptors (Lipinski definition) is 3. The molecule has 0 aliphatic heterocycles. The molecule has 1 heterocycles. The predicted molar refractivity (Wildman–Crippen MR) is 90.2 cm³/mol. The van der Waals surface area contributed by atoms with Crippen LogP contribution in [-0.4, -0.2) is 40.6 Å². The molecule has 1 aromatic heterocycles. The van der Waals surface area contributed by atoms with Crippen molar-refractivity contribution in [3.63, 3.8) is 0 Å². The summed E-state index contributed by atoms with van der Waals surface area (Å²) >= 11 is 0. The third-order valence-electron chi connectivity index (χ3n) is 3.99. The Bertz CT molecular complexity index is 664. The molecule has 5 nitrogen and oxygen atoms in total. The molecule has 0 atom stereocenters. The van der Waals surface area contributed by atoms with Gasteiger partial charge in [-0.1, -0.05) is 23.8 Å². The van der Waals surface area contributed by atoms with Crippen LogP contribution in [-0.2, 0) is 22.6 Å². The van der Waals surface area contributed by atoms with Gasteiger partial charge in [-0.25, -0.2) is 4.98 Å². The zero-order chi connectivity index (χ0) is 16.8. The number of carbonyl (C=O) groups excluding carboxylic acids is 1. The first-order chi connectivity index (χ1) is 11.0. The van der Waals surface area contributed by atoms with Gasteiger partial charge in [-0.15, -0.1) is 0 Å². The van der Waals surface area contributed by atoms with E-state index in [1.807, 2.05) is 6.20 Å². The molecular weight excluding hydrogens is 290 g/mol. The van der Waals surface area contributed by atoms with E-state index >= 15 is 0 Å². The minimum Gasteiger partial charge on any atom is -0.383 e. The number of aryl methyl sites for hydroxylation is 2. The minimum atomic E-state index is 0.0309. The predicted octanol–water partition coefficient (Wildman–Crippen LogP) is 2.54. The highest BCUT2D eigenvalue weighted by molar-refractivity contribution is 5.73. The van der Waals surface area contributed by atoms with Crippen LogP contribution < -0.4 is 0 Å². The van der Waals surface area contributed by atoms with E-state index < -0.39 is 0 Å². The van der Waals surface area contributed by atoms with Crippen molar-refractivity contribution in [1.82, 2.24) is 14.5 Å². The number of rotatable bonds is 7. The molecular formula is C18H25N3O2. The quantitative estimate of drug-likeness (QED) is 0.789. The van der Waals surface area contributed by atoms with Crippen LogP contribution in [0.25, 0.3) is 0 Å². The molecule has 0 saturated heterocycles. The van der Waals surface area contributed by atoms with Crippen molar-refractivity contribution >= 4 is 5.91 Å². The number of hydrogen-bond donors (Lipinski definition) is 0. The third-order valence-corrected chi connectivity index (χ3v) is 3.99. The summed E-state index contributed by atoms with van der Waals surface area (Å²) in [6, 6.07) is 6.46. The van der Waals surface area contributed by atoms with Crippen molar-refractivity contribution in [2.24, 2.45) is 0 Å². The molecule has 0 unspecified atom stereocenters. The van der Waals surface area contributed by atoms with Crippen LogP contribution >= 0.6 is 0 Å². The lowest BCUT2D eigenvalue weighted by Crippen LogP contribution is -2.32. The number of ether oxygens (including phenoxy) is 1. The number of nitrogens with zero attached hydrogens (tertiary/aromatic N) is 3. The van der Waals surface area contributed by atoms with Gasteiger partial charge >= 0.3 is 0 Å². The Morgan fingerprint density at radius 1 is 1.35 bits per heavy atom. The largest absolute Gasteiger partial charge is 0.383 e. The fraction of sp³-hybridized carbons (Fsp3) is 0.444. The second kappa shape index (κ2) is 7.92. The zero-order valence-corrected chi connectivity index (χ0v) is 14.4. The fourth-order valence-corrected chi connectivity index (χ4v) is 2.51. The summed E-state index contributed by atoms with van der Waals surface area (Å²) < 4.78 is 7.18. The lowest BCUT2D eigenvalue weighted by atomic mass is 10.1. The summed E-state index contributed by atoms with van der Waals surface area (Å²) in [6.07, 6.45) is 3.75. The Kier molecular flexibility index (Phi) is 5.93. The topological polar surface area (TPSA) is 47.4 Å². The van der Waals surface area contributed by atoms with Gasteiger partial charge in [0, 0.05) is 39.5 Å². The molecule has 124 valence electrons. The molecule has 0 aliphatic carbocycles. The SMILES string of the molecule is COCCN(Cc1nccn1Cc1cc(C)ccc1C)C(C)=O. The standard InChI is InChI=1S/C18H25N3O2/c1-14-5-6-15(2)17(11-14)12-21-8-7-19-18(21)13-20(16(3)22)9-10-23-4/h5-8,11H,9-10,12-13H2,1-4H3. The summed E-state index contributed by atoms with van der Waals surface area (Å²) in [6.45, 7) is 8.15. The number of methoxy groups -OCH3 is 1. The van der Waals surface area contributed by atoms with Gasteiger partial charge in [0.05, 0.1) is 13.2 Å². The lowest BCUT2D eigenvalue weighted by molar-refractivity contribution is -0.130. The van der Waals surface area contributed by atoms with Gasteiger partial charge in [0.1, 0.15) is 5.82 Å². The molecule has 1 aromatic carbocycles. The molecule has 2 rings (SSSR count). The molecule has 0 saturated carbocycles. The molecule has 1 amide bonds. The van der Waals surface area contributed by atoms with Gasteiger partial charge in [-0.2, -0.15) is 0 Å². The molecule has 23 heavy (non-hydrogen) atoms. The first-order valence-corrected chi connectivity index (χ1v) is 7.82. The van der Waals surface area contributed by atoms with Crippen molar-refractivity contribution in [3.8, 4) is 0 Å². The van der Waals surface area contributed by atoms with E-state index in [0.29, 0.717) is 19.7 Å². The van der Waals surface area contributed by atoms with Gasteiger partial charge in [0.25, 0.3) is 0 Å². The summed E-state index contributed by atoms with van der Waals surface area (Å²) in [5.41, 5.74) is 3.78. The van der Waals surface area contributed by atoms with Gasteiger partial charge in [-0.05, 0) is 25.0 Å². The summed E-state index contributed by atoms with van der Waals surface area (Å²) in [7, 11) is 1.64. The lowest BCUT2D eigenvalue weighted by Gasteiger charge is -2.21. The van der Waals surface area contributed by atoms with Crippen LogP contribution in [0.5, 0.6) is 0 Å². The number of imidazole rings is 1. The molecule has 0 N–H and O–H groups in total. The van der Waals surface area contributed by atoms with E-state index in [2.05, 4.69) is 41.6 Å². The minimum absolute atomic E-state index is 0.0309. The molecule has 5 heteroatoms. The molecule has 0 spiro atoms. The highest BCUT2D eigenvalue weighted by Gasteiger charge is 2.13. The molecule has 0 bridgehead atoms. The maximum atomic E-state index is 11.8. The molecule has 0 aliphatic rings. The van der Waals surface area contributed by atoms with E-state index in [4.69, 9.17) is 4.74 Å². The smallest absolute Gasteiger partial charge is 0.219 e. The van der Waals surface area contributed by atoms with E-state index in [0.717, 1.165) is 12.4 Å². The second-order valence-electron chi connectivity index (χ2n) is 5.83. The van der Waals surface area contributed by atoms with Crippen LogP contribution in [0.2, 0.25) is 0 Å². The van der Waals surface area contributed by atoms with E-state index in [1.54, 1.807) is 25.1 Å². The Morgan fingerprint density at radius 3 is 2.83 bits per heavy atom. The van der Waals surface area contributed by atoms with Crippen LogP contribution in [0.3, 0.4) is 0 Å². The Hall–Kier alpha value is -2.14. The van der Waals surface area contributed by atoms with E-state index in [9.17, 15) is 4.79 Å². The van der Waals surface area contributed by atoms with E-state index in [1.165, 1.54) is 16.7 Å². The number of aromatic nitrogens is 2. The normalized spacial score (nSPS) is 10.8. The van der Waals surface area contributed by atoms with Crippen LogP contribution in [0.4, 0.5) is 0 Å². The molecule has 0 fully saturated rings. The molecule has 2 aromatic rings. The van der Waals surface area contributed by atoms with Gasteiger partial charge in [0.2, 0.25) is 5.91 Å². The Labute approximate surface area is 137 Å². The van der Waals surface area contributed by atoms with Gasteiger partial charge in [-0.3, -0.25) is 4.79 Å². The first-order valence-electron chi connectivity index (χ1n) is 7.82. The number of amides is 1. The monoisotopic (exact) mass is 315 g/mol. The zero-order valence-electron chi connectivity index (χ0n) is 14.4. The maximum absolute atomic E-state index is 11.8. The Morgan fingerprint density at radius 2 is 2.13 bits per heavy atom. The highest BCUT2D eigenvalue weighted by atomic mass is 16.5. The van der Waals surface area contributed by atoms with Crippen molar-refractivity contribution in [3.05, 3.63) is 53.1 Å². The summed E-state index contributed by atoms with van der Waals surface area (Å²) in [5, 5.41) is 0. The van der Waals surface area contributed by atoms with Gasteiger partial charge < -0.3 is 14.2 Å². The average Bonchev–Trinajstić information content (AvgIpc) is 2.94. The molecule has 0 radical (unpaired) electrons. The first kappa shape index (κ1) is 17.2. The fourth-order valence-electron chi connectivity index (χ4n) is 2.51. The van der Waals surface area contributed by atoms with Crippen LogP contribution in [0, 0.1) is 13.8 Å². The van der Waals surface area contributed by atoms with Crippen molar-refractivity contribution in [2.75, 3.05) is 20.3 Å². The second-order valence-corrected chi connectivity index (χ2v) is 5.83. The third kappa shape index (κ3) is 4.66. The van der Waals surface area contributed by atoms with Crippen LogP contribution in [0.15, 0.2) is 30.6 Å². The van der Waals surface area contributed by atoms with Crippen molar-refractivity contribution in [1.29, 1.82) is 0 Å². The average molecular weight is 315 g/mol. The number of benzene rings is 1. The van der Waals surface area contributed by atoms with Crippen molar-refractivity contribution < 1.29 is 9.53 Å². The van der Waals surface area contributed by atoms with Crippen molar-refractivity contribution in [2.45, 2.75) is 33.9 Å².